The summed E-state index contributed by atoms with van der Waals surface area (Å²) in [5, 5.41) is 1.86. The van der Waals surface area contributed by atoms with Crippen molar-refractivity contribution in [2.45, 2.75) is 23.1 Å². The van der Waals surface area contributed by atoms with Crippen molar-refractivity contribution in [3.63, 3.8) is 0 Å². The molecule has 0 spiro atoms. The van der Waals surface area contributed by atoms with E-state index in [0.717, 1.165) is 18.2 Å². The molecule has 2 aromatic rings. The van der Waals surface area contributed by atoms with Crippen LogP contribution in [0.5, 0.6) is 0 Å². The Hall–Kier alpha value is -2.34. The second kappa shape index (κ2) is 6.52. The predicted octanol–water partition coefficient (Wildman–Crippen LogP) is 1.25. The molecule has 2 aromatic carbocycles. The zero-order valence-corrected chi connectivity index (χ0v) is 14.4. The van der Waals surface area contributed by atoms with Gasteiger partial charge in [0.15, 0.2) is 0 Å². The lowest BCUT2D eigenvalue weighted by Crippen LogP contribution is -2.15. The molecule has 9 nitrogen and oxygen atoms in total. The number of Topliss-reactive ketones (excluding diaryl/α,β-unsaturated/α-hetero) is 1. The Balaban J connectivity index is 2.78. The summed E-state index contributed by atoms with van der Waals surface area (Å²) < 4.78 is 64.9. The van der Waals surface area contributed by atoms with Crippen LogP contribution in [0.1, 0.15) is 13.3 Å². The SMILES string of the molecule is CC(=O)CC(=O)Nc1cc(S(=O)(=O)O)c2cccc(S(=O)(=O)O)c2c1. The van der Waals surface area contributed by atoms with Gasteiger partial charge < -0.3 is 5.32 Å². The Bertz CT molecular complexity index is 1090. The van der Waals surface area contributed by atoms with Gasteiger partial charge in [0.1, 0.15) is 15.6 Å². The van der Waals surface area contributed by atoms with Crippen molar-refractivity contribution in [1.82, 2.24) is 0 Å². The third-order valence-electron chi connectivity index (χ3n) is 3.17. The Morgan fingerprint density at radius 2 is 1.56 bits per heavy atom. The highest BCUT2D eigenvalue weighted by Gasteiger charge is 2.21. The number of rotatable bonds is 5. The minimum atomic E-state index is -4.77. The predicted molar refractivity (Wildman–Crippen MR) is 87.5 cm³/mol. The van der Waals surface area contributed by atoms with Gasteiger partial charge in [-0.25, -0.2) is 0 Å². The first-order valence-corrected chi connectivity index (χ1v) is 9.58. The second-order valence-electron chi connectivity index (χ2n) is 5.20. The minimum Gasteiger partial charge on any atom is -0.326 e. The van der Waals surface area contributed by atoms with E-state index >= 15 is 0 Å². The highest BCUT2D eigenvalue weighted by atomic mass is 32.2. The maximum atomic E-state index is 11.7. The van der Waals surface area contributed by atoms with Crippen LogP contribution in [-0.4, -0.2) is 37.6 Å². The third-order valence-corrected chi connectivity index (χ3v) is 4.97. The first-order chi connectivity index (χ1) is 11.4. The Morgan fingerprint density at radius 1 is 0.960 bits per heavy atom. The van der Waals surface area contributed by atoms with Crippen LogP contribution in [0.2, 0.25) is 0 Å². The molecule has 0 heterocycles. The number of amides is 1. The Morgan fingerprint density at radius 3 is 2.08 bits per heavy atom. The minimum absolute atomic E-state index is 0.164. The molecular weight excluding hydrogens is 374 g/mol. The van der Waals surface area contributed by atoms with Crippen LogP contribution in [0.15, 0.2) is 40.1 Å². The van der Waals surface area contributed by atoms with Crippen LogP contribution < -0.4 is 5.32 Å². The molecule has 25 heavy (non-hydrogen) atoms. The van der Waals surface area contributed by atoms with Gasteiger partial charge >= 0.3 is 0 Å². The monoisotopic (exact) mass is 387 g/mol. The summed E-state index contributed by atoms with van der Waals surface area (Å²) in [5.41, 5.74) is -0.164. The molecule has 0 aromatic heterocycles. The second-order valence-corrected chi connectivity index (χ2v) is 7.98. The molecule has 0 aliphatic carbocycles. The van der Waals surface area contributed by atoms with Gasteiger partial charge in [-0.3, -0.25) is 18.7 Å². The molecule has 0 bridgehead atoms. The number of hydrogen-bond donors (Lipinski definition) is 3. The smallest absolute Gasteiger partial charge is 0.295 e. The molecule has 11 heteroatoms. The molecule has 2 rings (SSSR count). The van der Waals surface area contributed by atoms with Gasteiger partial charge in [0.05, 0.1) is 6.42 Å². The number of hydrogen-bond acceptors (Lipinski definition) is 6. The molecule has 0 saturated heterocycles. The summed E-state index contributed by atoms with van der Waals surface area (Å²) in [5.74, 6) is -1.19. The Labute approximate surface area is 143 Å². The van der Waals surface area contributed by atoms with E-state index in [1.165, 1.54) is 19.1 Å². The van der Waals surface area contributed by atoms with E-state index in [2.05, 4.69) is 5.32 Å². The summed E-state index contributed by atoms with van der Waals surface area (Å²) in [6.07, 6.45) is -0.473. The third kappa shape index (κ3) is 4.39. The lowest BCUT2D eigenvalue weighted by molar-refractivity contribution is -0.124. The molecular formula is C14H13NO8S2. The van der Waals surface area contributed by atoms with E-state index in [0.29, 0.717) is 0 Å². The van der Waals surface area contributed by atoms with Crippen molar-refractivity contribution in [3.05, 3.63) is 30.3 Å². The zero-order valence-electron chi connectivity index (χ0n) is 12.8. The zero-order chi connectivity index (χ0) is 19.0. The van der Waals surface area contributed by atoms with Crippen LogP contribution in [0.4, 0.5) is 5.69 Å². The van der Waals surface area contributed by atoms with Crippen LogP contribution in [0.25, 0.3) is 10.8 Å². The van der Waals surface area contributed by atoms with Gasteiger partial charge in [0.25, 0.3) is 20.2 Å². The fraction of sp³-hybridized carbons (Fsp3) is 0.143. The molecule has 0 aliphatic rings. The number of carbonyl (C=O) groups is 2. The van der Waals surface area contributed by atoms with E-state index in [4.69, 9.17) is 0 Å². The quantitative estimate of drug-likeness (QED) is 0.511. The van der Waals surface area contributed by atoms with E-state index < -0.39 is 48.1 Å². The average molecular weight is 387 g/mol. The van der Waals surface area contributed by atoms with Gasteiger partial charge in [-0.2, -0.15) is 16.8 Å². The number of fused-ring (bicyclic) bond motifs is 1. The lowest BCUT2D eigenvalue weighted by atomic mass is 10.1. The summed E-state index contributed by atoms with van der Waals surface area (Å²) >= 11 is 0. The largest absolute Gasteiger partial charge is 0.326 e. The van der Waals surface area contributed by atoms with Crippen molar-refractivity contribution < 1.29 is 35.5 Å². The molecule has 0 unspecified atom stereocenters. The molecule has 0 aliphatic heterocycles. The van der Waals surface area contributed by atoms with Crippen LogP contribution in [0.3, 0.4) is 0 Å². The van der Waals surface area contributed by atoms with E-state index in [1.54, 1.807) is 0 Å². The highest BCUT2D eigenvalue weighted by molar-refractivity contribution is 7.86. The van der Waals surface area contributed by atoms with Gasteiger partial charge in [-0.1, -0.05) is 12.1 Å². The number of nitrogens with one attached hydrogen (secondary N) is 1. The summed E-state index contributed by atoms with van der Waals surface area (Å²) in [4.78, 5) is 21.4. The summed E-state index contributed by atoms with van der Waals surface area (Å²) in [6.45, 7) is 1.18. The van der Waals surface area contributed by atoms with Crippen LogP contribution in [0, 0.1) is 0 Å². The summed E-state index contributed by atoms with van der Waals surface area (Å²) in [7, 11) is -9.47. The molecule has 0 atom stereocenters. The topological polar surface area (TPSA) is 155 Å². The van der Waals surface area contributed by atoms with Gasteiger partial charge in [-0.15, -0.1) is 0 Å². The van der Waals surface area contributed by atoms with E-state index in [-0.39, 0.29) is 16.5 Å². The fourth-order valence-electron chi connectivity index (χ4n) is 2.27. The van der Waals surface area contributed by atoms with Crippen molar-refractivity contribution in [1.29, 1.82) is 0 Å². The number of benzene rings is 2. The maximum absolute atomic E-state index is 11.7. The van der Waals surface area contributed by atoms with Crippen molar-refractivity contribution >= 4 is 48.4 Å². The Kier molecular flexibility index (Phi) is 4.95. The fourth-order valence-corrected chi connectivity index (χ4v) is 3.69. The normalized spacial score (nSPS) is 12.1. The van der Waals surface area contributed by atoms with E-state index in [9.17, 15) is 35.5 Å². The first kappa shape index (κ1) is 19.0. The van der Waals surface area contributed by atoms with Crippen molar-refractivity contribution in [3.8, 4) is 0 Å². The van der Waals surface area contributed by atoms with Crippen LogP contribution >= 0.6 is 0 Å². The van der Waals surface area contributed by atoms with E-state index in [1.807, 2.05) is 0 Å². The molecule has 3 N–H and O–H groups in total. The summed E-state index contributed by atoms with van der Waals surface area (Å²) in [6, 6.07) is 5.49. The number of ketones is 1. The molecule has 0 saturated carbocycles. The highest BCUT2D eigenvalue weighted by Crippen LogP contribution is 2.32. The molecule has 0 radical (unpaired) electrons. The van der Waals surface area contributed by atoms with Gasteiger partial charge in [-0.05, 0) is 25.1 Å². The van der Waals surface area contributed by atoms with Gasteiger partial charge in [0.2, 0.25) is 5.91 Å². The van der Waals surface area contributed by atoms with Gasteiger partial charge in [0, 0.05) is 16.5 Å². The average Bonchev–Trinajstić information content (AvgIpc) is 2.42. The van der Waals surface area contributed by atoms with Crippen molar-refractivity contribution in [2.75, 3.05) is 5.32 Å². The molecule has 0 fully saturated rings. The van der Waals surface area contributed by atoms with Crippen LogP contribution in [-0.2, 0) is 29.8 Å². The molecule has 134 valence electrons. The standard InChI is InChI=1S/C14H13NO8S2/c1-8(16)5-14(17)15-9-6-11-10(13(7-9)25(21,22)23)3-2-4-12(11)24(18,19)20/h2-4,6-7H,5H2,1H3,(H,15,17)(H,18,19,20)(H,21,22,23). The maximum Gasteiger partial charge on any atom is 0.295 e. The van der Waals surface area contributed by atoms with Crippen molar-refractivity contribution in [2.24, 2.45) is 0 Å². The first-order valence-electron chi connectivity index (χ1n) is 6.70. The lowest BCUT2D eigenvalue weighted by Gasteiger charge is -2.11. The molecule has 1 amide bonds. The number of anilines is 1. The number of carbonyl (C=O) groups excluding carboxylic acids is 2.